The Balaban J connectivity index is 2.89. The van der Waals surface area contributed by atoms with Gasteiger partial charge in [0.05, 0.1) is 0 Å². The third kappa shape index (κ3) is 3.51. The van der Waals surface area contributed by atoms with Gasteiger partial charge in [0, 0.05) is 17.9 Å². The monoisotopic (exact) mass is 242 g/mol. The van der Waals surface area contributed by atoms with Crippen LogP contribution in [-0.4, -0.2) is 11.1 Å². The number of rotatable bonds is 5. The van der Waals surface area contributed by atoms with Gasteiger partial charge < -0.3 is 5.11 Å². The number of halogens is 2. The molecule has 0 aliphatic rings. The second-order valence-corrected chi connectivity index (χ2v) is 4.37. The van der Waals surface area contributed by atoms with Crippen molar-refractivity contribution in [2.45, 2.75) is 32.6 Å². The van der Waals surface area contributed by atoms with E-state index in [0.717, 1.165) is 0 Å². The van der Waals surface area contributed by atoms with Crippen LogP contribution in [0.15, 0.2) is 24.3 Å². The lowest BCUT2D eigenvalue weighted by Crippen LogP contribution is -2.21. The number of hydrogen-bond acceptors (Lipinski definition) is 1. The smallest absolute Gasteiger partial charge is 0.303 e. The highest BCUT2D eigenvalue weighted by Gasteiger charge is 2.35. The maximum Gasteiger partial charge on any atom is 0.303 e. The normalized spacial score (nSPS) is 11.8. The molecule has 0 aromatic heterocycles. The van der Waals surface area contributed by atoms with Gasteiger partial charge in [0.25, 0.3) is 5.92 Å². The number of carbonyl (C=O) groups is 1. The van der Waals surface area contributed by atoms with E-state index in [-0.39, 0.29) is 18.4 Å². The summed E-state index contributed by atoms with van der Waals surface area (Å²) in [5.74, 6) is -4.58. The summed E-state index contributed by atoms with van der Waals surface area (Å²) in [7, 11) is 0. The Morgan fingerprint density at radius 2 is 2.06 bits per heavy atom. The topological polar surface area (TPSA) is 37.3 Å². The minimum absolute atomic E-state index is 0.0449. The molecule has 0 saturated heterocycles. The summed E-state index contributed by atoms with van der Waals surface area (Å²) in [6.07, 6.45) is 0.230. The van der Waals surface area contributed by atoms with Crippen LogP contribution in [0.3, 0.4) is 0 Å². The molecule has 2 nitrogen and oxygen atoms in total. The molecular formula is C13H16F2O2. The fourth-order valence-electron chi connectivity index (χ4n) is 1.52. The number of carboxylic acids is 1. The molecule has 0 spiro atoms. The lowest BCUT2D eigenvalue weighted by molar-refractivity contribution is -0.136. The number of hydrogen-bond donors (Lipinski definition) is 1. The molecule has 1 N–H and O–H groups in total. The molecule has 0 heterocycles. The Kier molecular flexibility index (Phi) is 4.21. The van der Waals surface area contributed by atoms with Crippen LogP contribution in [-0.2, 0) is 17.1 Å². The number of carboxylic acid groups (broad SMARTS) is 1. The van der Waals surface area contributed by atoms with E-state index in [4.69, 9.17) is 5.11 Å². The molecule has 17 heavy (non-hydrogen) atoms. The quantitative estimate of drug-likeness (QED) is 0.858. The first kappa shape index (κ1) is 13.6. The molecule has 1 aromatic carbocycles. The summed E-state index contributed by atoms with van der Waals surface area (Å²) in [5.41, 5.74) is 0.584. The summed E-state index contributed by atoms with van der Waals surface area (Å²) in [5, 5.41) is 8.54. The minimum atomic E-state index is -2.88. The zero-order valence-corrected chi connectivity index (χ0v) is 9.91. The molecule has 1 aromatic rings. The van der Waals surface area contributed by atoms with Gasteiger partial charge in [-0.05, 0) is 18.1 Å². The predicted octanol–water partition coefficient (Wildman–Crippen LogP) is 3.45. The van der Waals surface area contributed by atoms with Crippen molar-refractivity contribution in [3.63, 3.8) is 0 Å². The Morgan fingerprint density at radius 1 is 1.41 bits per heavy atom. The maximum atomic E-state index is 13.7. The maximum absolute atomic E-state index is 13.7. The number of alkyl halides is 2. The van der Waals surface area contributed by atoms with Gasteiger partial charge >= 0.3 is 5.97 Å². The van der Waals surface area contributed by atoms with E-state index < -0.39 is 17.8 Å². The molecule has 0 aliphatic carbocycles. The van der Waals surface area contributed by atoms with Crippen molar-refractivity contribution in [2.75, 3.05) is 0 Å². The average molecular weight is 242 g/mol. The van der Waals surface area contributed by atoms with Crippen LogP contribution >= 0.6 is 0 Å². The van der Waals surface area contributed by atoms with E-state index in [1.54, 1.807) is 12.1 Å². The van der Waals surface area contributed by atoms with E-state index in [1.165, 1.54) is 26.0 Å². The first-order chi connectivity index (χ1) is 7.84. The van der Waals surface area contributed by atoms with Gasteiger partial charge in [-0.1, -0.05) is 32.0 Å². The minimum Gasteiger partial charge on any atom is -0.481 e. The fourth-order valence-corrected chi connectivity index (χ4v) is 1.52. The van der Waals surface area contributed by atoms with Crippen molar-refractivity contribution in [3.05, 3.63) is 35.4 Å². The van der Waals surface area contributed by atoms with Crippen molar-refractivity contribution < 1.29 is 18.7 Å². The Labute approximate surface area is 99.3 Å². The van der Waals surface area contributed by atoms with Gasteiger partial charge in [-0.2, -0.15) is 0 Å². The van der Waals surface area contributed by atoms with E-state index in [9.17, 15) is 13.6 Å². The molecule has 0 atom stereocenters. The van der Waals surface area contributed by atoms with Crippen LogP contribution in [0, 0.1) is 5.92 Å². The molecule has 0 bridgehead atoms. The predicted molar refractivity (Wildman–Crippen MR) is 61.1 cm³/mol. The summed E-state index contributed by atoms with van der Waals surface area (Å²) < 4.78 is 27.5. The van der Waals surface area contributed by atoms with E-state index in [0.29, 0.717) is 5.56 Å². The summed E-state index contributed by atoms with van der Waals surface area (Å²) >= 11 is 0. The van der Waals surface area contributed by atoms with Gasteiger partial charge in [0.1, 0.15) is 0 Å². The molecular weight excluding hydrogens is 226 g/mol. The SMILES string of the molecule is CC(C)C(F)(F)c1cccc(CCC(=O)O)c1. The fraction of sp³-hybridized carbons (Fsp3) is 0.462. The highest BCUT2D eigenvalue weighted by molar-refractivity contribution is 5.67. The summed E-state index contributed by atoms with van der Waals surface area (Å²) in [4.78, 5) is 10.4. The molecule has 0 radical (unpaired) electrons. The molecule has 94 valence electrons. The van der Waals surface area contributed by atoms with E-state index in [1.807, 2.05) is 0 Å². The molecule has 0 aliphatic heterocycles. The standard InChI is InChI=1S/C13H16F2O2/c1-9(2)13(14,15)11-5-3-4-10(8-11)6-7-12(16)17/h3-5,8-9H,6-7H2,1-2H3,(H,16,17). The van der Waals surface area contributed by atoms with E-state index in [2.05, 4.69) is 0 Å². The van der Waals surface area contributed by atoms with Crippen LogP contribution in [0.5, 0.6) is 0 Å². The van der Waals surface area contributed by atoms with Crippen LogP contribution in [0.1, 0.15) is 31.4 Å². The Morgan fingerprint density at radius 3 is 2.59 bits per heavy atom. The highest BCUT2D eigenvalue weighted by Crippen LogP contribution is 2.35. The molecule has 0 unspecified atom stereocenters. The van der Waals surface area contributed by atoms with Crippen molar-refractivity contribution >= 4 is 5.97 Å². The zero-order valence-electron chi connectivity index (χ0n) is 9.91. The number of benzene rings is 1. The lowest BCUT2D eigenvalue weighted by atomic mass is 9.95. The van der Waals surface area contributed by atoms with Crippen molar-refractivity contribution in [1.82, 2.24) is 0 Å². The summed E-state index contributed by atoms with van der Waals surface area (Å²) in [6, 6.07) is 5.98. The van der Waals surface area contributed by atoms with Crippen molar-refractivity contribution in [2.24, 2.45) is 5.92 Å². The second-order valence-electron chi connectivity index (χ2n) is 4.37. The first-order valence-electron chi connectivity index (χ1n) is 5.53. The van der Waals surface area contributed by atoms with Gasteiger partial charge in [0.15, 0.2) is 0 Å². The lowest BCUT2D eigenvalue weighted by Gasteiger charge is -2.21. The molecule has 1 rings (SSSR count). The number of aliphatic carboxylic acids is 1. The van der Waals surface area contributed by atoms with Crippen molar-refractivity contribution in [1.29, 1.82) is 0 Å². The Bertz CT molecular complexity index is 400. The van der Waals surface area contributed by atoms with Gasteiger partial charge in [-0.25, -0.2) is 8.78 Å². The van der Waals surface area contributed by atoms with Gasteiger partial charge in [0.2, 0.25) is 0 Å². The molecule has 0 fully saturated rings. The summed E-state index contributed by atoms with van der Waals surface area (Å²) in [6.45, 7) is 2.92. The molecule has 0 saturated carbocycles. The highest BCUT2D eigenvalue weighted by atomic mass is 19.3. The largest absolute Gasteiger partial charge is 0.481 e. The molecule has 0 amide bonds. The third-order valence-electron chi connectivity index (χ3n) is 2.66. The van der Waals surface area contributed by atoms with E-state index >= 15 is 0 Å². The molecule has 4 heteroatoms. The Hall–Kier alpha value is -1.45. The van der Waals surface area contributed by atoms with Gasteiger partial charge in [-0.3, -0.25) is 4.79 Å². The number of aryl methyl sites for hydroxylation is 1. The van der Waals surface area contributed by atoms with Crippen LogP contribution < -0.4 is 0 Å². The van der Waals surface area contributed by atoms with Crippen molar-refractivity contribution in [3.8, 4) is 0 Å². The van der Waals surface area contributed by atoms with Crippen LogP contribution in [0.4, 0.5) is 8.78 Å². The average Bonchev–Trinajstić information content (AvgIpc) is 2.26. The van der Waals surface area contributed by atoms with Gasteiger partial charge in [-0.15, -0.1) is 0 Å². The first-order valence-corrected chi connectivity index (χ1v) is 5.53. The second kappa shape index (κ2) is 5.25. The van der Waals surface area contributed by atoms with Crippen LogP contribution in [0.2, 0.25) is 0 Å². The third-order valence-corrected chi connectivity index (χ3v) is 2.66. The zero-order chi connectivity index (χ0) is 13.1. The van der Waals surface area contributed by atoms with Crippen LogP contribution in [0.25, 0.3) is 0 Å².